The second-order valence-corrected chi connectivity index (χ2v) is 8.43. The van der Waals surface area contributed by atoms with Crippen molar-refractivity contribution in [1.82, 2.24) is 9.62 Å². The lowest BCUT2D eigenvalue weighted by molar-refractivity contribution is -0.137. The van der Waals surface area contributed by atoms with E-state index in [2.05, 4.69) is 10.1 Å². The van der Waals surface area contributed by atoms with E-state index in [1.807, 2.05) is 0 Å². The van der Waals surface area contributed by atoms with Crippen LogP contribution in [-0.2, 0) is 30.9 Å². The highest BCUT2D eigenvalue weighted by atomic mass is 32.2. The second-order valence-electron chi connectivity index (χ2n) is 5.39. The van der Waals surface area contributed by atoms with Gasteiger partial charge in [0, 0.05) is 31.8 Å². The predicted octanol–water partition coefficient (Wildman–Crippen LogP) is 1.63. The van der Waals surface area contributed by atoms with E-state index in [4.69, 9.17) is 0 Å². The summed E-state index contributed by atoms with van der Waals surface area (Å²) in [5.41, 5.74) is 0.819. The van der Waals surface area contributed by atoms with Gasteiger partial charge < -0.3 is 10.1 Å². The quantitative estimate of drug-likeness (QED) is 0.447. The number of amides is 1. The number of ether oxygens (including phenoxy) is 1. The van der Waals surface area contributed by atoms with Crippen molar-refractivity contribution in [3.8, 4) is 0 Å². The Morgan fingerprint density at radius 3 is 2.31 bits per heavy atom. The topological polar surface area (TPSA) is 92.8 Å². The number of carbonyl (C=O) groups excluding carboxylic acids is 2. The Bertz CT molecular complexity index is 686. The minimum atomic E-state index is -3.47. The molecule has 146 valence electrons. The zero-order valence-electron chi connectivity index (χ0n) is 15.4. The van der Waals surface area contributed by atoms with E-state index in [0.717, 1.165) is 5.56 Å². The van der Waals surface area contributed by atoms with Crippen molar-refractivity contribution in [2.75, 3.05) is 31.7 Å². The van der Waals surface area contributed by atoms with Crippen LogP contribution in [0, 0.1) is 0 Å². The van der Waals surface area contributed by atoms with Crippen LogP contribution in [0.3, 0.4) is 0 Å². The van der Waals surface area contributed by atoms with Gasteiger partial charge in [-0.05, 0) is 17.7 Å². The molecule has 0 aliphatic heterocycles. The molecule has 1 N–H and O–H groups in total. The van der Waals surface area contributed by atoms with Crippen LogP contribution in [0.4, 0.5) is 0 Å². The van der Waals surface area contributed by atoms with Crippen molar-refractivity contribution in [2.45, 2.75) is 31.7 Å². The van der Waals surface area contributed by atoms with Crippen LogP contribution in [0.25, 0.3) is 0 Å². The van der Waals surface area contributed by atoms with E-state index in [-0.39, 0.29) is 22.5 Å². The van der Waals surface area contributed by atoms with Crippen LogP contribution in [-0.4, -0.2) is 56.3 Å². The Morgan fingerprint density at radius 1 is 1.15 bits per heavy atom. The number of carbonyl (C=O) groups is 2. The van der Waals surface area contributed by atoms with Gasteiger partial charge in [-0.1, -0.05) is 26.0 Å². The number of hydrogen-bond acceptors (Lipinski definition) is 6. The number of esters is 1. The van der Waals surface area contributed by atoms with Crippen molar-refractivity contribution in [2.24, 2.45) is 0 Å². The highest BCUT2D eigenvalue weighted by Gasteiger charge is 2.21. The zero-order chi connectivity index (χ0) is 19.6. The fraction of sp³-hybridized carbons (Fsp3) is 0.529. The summed E-state index contributed by atoms with van der Waals surface area (Å²) in [4.78, 5) is 23.0. The largest absolute Gasteiger partial charge is 0.468 e. The predicted molar refractivity (Wildman–Crippen MR) is 102 cm³/mol. The number of nitrogens with one attached hydrogen (secondary N) is 1. The standard InChI is InChI=1S/C17H26N2O5S2/c1-4-19(5-2)26(22,23)15-8-6-14(7-9-15)12-18-16(20)10-11-25-13-17(21)24-3/h6-9H,4-5,10-13H2,1-3H3,(H,18,20). The molecule has 0 radical (unpaired) electrons. The molecule has 1 amide bonds. The molecule has 0 bridgehead atoms. The lowest BCUT2D eigenvalue weighted by Gasteiger charge is -2.18. The first-order valence-electron chi connectivity index (χ1n) is 8.35. The molecule has 0 saturated carbocycles. The third-order valence-electron chi connectivity index (χ3n) is 3.68. The summed E-state index contributed by atoms with van der Waals surface area (Å²) < 4.78 is 30.7. The van der Waals surface area contributed by atoms with Gasteiger partial charge in [-0.2, -0.15) is 4.31 Å². The van der Waals surface area contributed by atoms with E-state index in [9.17, 15) is 18.0 Å². The number of thioether (sulfide) groups is 1. The molecule has 0 fully saturated rings. The second kappa shape index (κ2) is 11.2. The number of hydrogen-bond donors (Lipinski definition) is 1. The van der Waals surface area contributed by atoms with Gasteiger partial charge in [0.25, 0.3) is 0 Å². The van der Waals surface area contributed by atoms with Crippen LogP contribution in [0.1, 0.15) is 25.8 Å². The summed E-state index contributed by atoms with van der Waals surface area (Å²) in [6.07, 6.45) is 0.302. The van der Waals surface area contributed by atoms with Crippen LogP contribution in [0.5, 0.6) is 0 Å². The van der Waals surface area contributed by atoms with Crippen molar-refractivity contribution in [3.63, 3.8) is 0 Å². The average molecular weight is 403 g/mol. The van der Waals surface area contributed by atoms with Gasteiger partial charge in [0.2, 0.25) is 15.9 Å². The zero-order valence-corrected chi connectivity index (χ0v) is 17.0. The maximum absolute atomic E-state index is 12.4. The molecule has 0 spiro atoms. The summed E-state index contributed by atoms with van der Waals surface area (Å²) >= 11 is 1.34. The van der Waals surface area contributed by atoms with Gasteiger partial charge in [0.05, 0.1) is 17.8 Å². The van der Waals surface area contributed by atoms with E-state index in [0.29, 0.717) is 31.8 Å². The summed E-state index contributed by atoms with van der Waals surface area (Å²) in [6.45, 7) is 4.77. The molecule has 7 nitrogen and oxygen atoms in total. The first-order chi connectivity index (χ1) is 12.3. The Kier molecular flexibility index (Phi) is 9.68. The number of nitrogens with zero attached hydrogens (tertiary/aromatic N) is 1. The maximum atomic E-state index is 12.4. The molecule has 1 aromatic carbocycles. The average Bonchev–Trinajstić information content (AvgIpc) is 2.64. The van der Waals surface area contributed by atoms with E-state index in [1.165, 1.54) is 23.2 Å². The van der Waals surface area contributed by atoms with Crippen molar-refractivity contribution in [3.05, 3.63) is 29.8 Å². The number of methoxy groups -OCH3 is 1. The van der Waals surface area contributed by atoms with Crippen LogP contribution in [0.15, 0.2) is 29.2 Å². The number of rotatable bonds is 11. The van der Waals surface area contributed by atoms with Gasteiger partial charge >= 0.3 is 5.97 Å². The van der Waals surface area contributed by atoms with Crippen molar-refractivity contribution >= 4 is 33.7 Å². The van der Waals surface area contributed by atoms with Gasteiger partial charge in [-0.3, -0.25) is 9.59 Å². The van der Waals surface area contributed by atoms with Gasteiger partial charge in [0.1, 0.15) is 0 Å². The molecule has 0 heterocycles. The minimum Gasteiger partial charge on any atom is -0.468 e. The Labute approximate surface area is 159 Å². The van der Waals surface area contributed by atoms with Crippen molar-refractivity contribution in [1.29, 1.82) is 0 Å². The van der Waals surface area contributed by atoms with E-state index < -0.39 is 10.0 Å². The highest BCUT2D eigenvalue weighted by Crippen LogP contribution is 2.16. The summed E-state index contributed by atoms with van der Waals surface area (Å²) in [6, 6.07) is 6.51. The fourth-order valence-electron chi connectivity index (χ4n) is 2.16. The fourth-order valence-corrected chi connectivity index (χ4v) is 4.38. The Balaban J connectivity index is 2.48. The highest BCUT2D eigenvalue weighted by molar-refractivity contribution is 7.99. The maximum Gasteiger partial charge on any atom is 0.315 e. The molecule has 1 rings (SSSR count). The van der Waals surface area contributed by atoms with Crippen LogP contribution in [0.2, 0.25) is 0 Å². The molecule has 0 atom stereocenters. The molecule has 0 unspecified atom stereocenters. The monoisotopic (exact) mass is 402 g/mol. The first kappa shape index (κ1) is 22.5. The normalized spacial score (nSPS) is 11.4. The molecule has 9 heteroatoms. The van der Waals surface area contributed by atoms with E-state index in [1.54, 1.807) is 38.1 Å². The van der Waals surface area contributed by atoms with Crippen LogP contribution < -0.4 is 5.32 Å². The lowest BCUT2D eigenvalue weighted by Crippen LogP contribution is -2.30. The molecular formula is C17H26N2O5S2. The molecular weight excluding hydrogens is 376 g/mol. The molecule has 0 aliphatic carbocycles. The number of benzene rings is 1. The summed E-state index contributed by atoms with van der Waals surface area (Å²) in [5, 5.41) is 2.78. The molecule has 1 aromatic rings. The van der Waals surface area contributed by atoms with Gasteiger partial charge in [0.15, 0.2) is 0 Å². The number of sulfonamides is 1. The van der Waals surface area contributed by atoms with Gasteiger partial charge in [-0.15, -0.1) is 11.8 Å². The third-order valence-corrected chi connectivity index (χ3v) is 6.67. The third kappa shape index (κ3) is 6.97. The summed E-state index contributed by atoms with van der Waals surface area (Å²) in [5.74, 6) is 0.325. The molecule has 26 heavy (non-hydrogen) atoms. The smallest absolute Gasteiger partial charge is 0.315 e. The lowest BCUT2D eigenvalue weighted by atomic mass is 10.2. The first-order valence-corrected chi connectivity index (χ1v) is 10.9. The van der Waals surface area contributed by atoms with Crippen LogP contribution >= 0.6 is 11.8 Å². The SMILES string of the molecule is CCN(CC)S(=O)(=O)c1ccc(CNC(=O)CCSCC(=O)OC)cc1. The van der Waals surface area contributed by atoms with E-state index >= 15 is 0 Å². The molecule has 0 aromatic heterocycles. The van der Waals surface area contributed by atoms with Gasteiger partial charge in [-0.25, -0.2) is 8.42 Å². The Hall–Kier alpha value is -1.58. The Morgan fingerprint density at radius 2 is 1.77 bits per heavy atom. The molecule has 0 aliphatic rings. The van der Waals surface area contributed by atoms with Crippen molar-refractivity contribution < 1.29 is 22.7 Å². The molecule has 0 saturated heterocycles. The summed E-state index contributed by atoms with van der Waals surface area (Å²) in [7, 11) is -2.14. The minimum absolute atomic E-state index is 0.123.